The van der Waals surface area contributed by atoms with Gasteiger partial charge in [-0.2, -0.15) is 0 Å². The van der Waals surface area contributed by atoms with Crippen LogP contribution in [0.25, 0.3) is 22.0 Å². The maximum Gasteiger partial charge on any atom is 0.131 e. The van der Waals surface area contributed by atoms with Crippen molar-refractivity contribution in [2.24, 2.45) is 0 Å². The molecule has 1 aromatic heterocycles. The number of hydrogen-bond donors (Lipinski definition) is 1. The fourth-order valence-corrected chi connectivity index (χ4v) is 2.41. The second-order valence-electron chi connectivity index (χ2n) is 5.01. The number of pyridine rings is 1. The molecule has 3 aromatic rings. The Morgan fingerprint density at radius 3 is 2.86 bits per heavy atom. The monoisotopic (exact) mass is 280 g/mol. The highest BCUT2D eigenvalue weighted by Gasteiger charge is 2.07. The van der Waals surface area contributed by atoms with E-state index in [1.54, 1.807) is 6.20 Å². The molecule has 0 atom stereocenters. The van der Waals surface area contributed by atoms with Crippen LogP contribution < -0.4 is 5.32 Å². The van der Waals surface area contributed by atoms with Crippen LogP contribution in [0, 0.1) is 5.82 Å². The van der Waals surface area contributed by atoms with Crippen LogP contribution in [-0.2, 0) is 6.54 Å². The van der Waals surface area contributed by atoms with E-state index in [0.29, 0.717) is 5.56 Å². The minimum Gasteiger partial charge on any atom is -0.313 e. The first-order chi connectivity index (χ1) is 10.3. The van der Waals surface area contributed by atoms with Crippen LogP contribution in [0.4, 0.5) is 4.39 Å². The topological polar surface area (TPSA) is 24.9 Å². The number of fused-ring (bicyclic) bond motifs is 1. The van der Waals surface area contributed by atoms with Gasteiger partial charge in [-0.25, -0.2) is 4.39 Å². The molecule has 0 fully saturated rings. The highest BCUT2D eigenvalue weighted by molar-refractivity contribution is 5.84. The number of rotatable bonds is 4. The molecule has 106 valence electrons. The normalized spacial score (nSPS) is 11.0. The summed E-state index contributed by atoms with van der Waals surface area (Å²) < 4.78 is 14.1. The summed E-state index contributed by atoms with van der Waals surface area (Å²) >= 11 is 0. The van der Waals surface area contributed by atoms with Gasteiger partial charge < -0.3 is 5.32 Å². The van der Waals surface area contributed by atoms with Gasteiger partial charge in [0.2, 0.25) is 0 Å². The first kappa shape index (κ1) is 13.7. The zero-order chi connectivity index (χ0) is 14.7. The molecule has 1 heterocycles. The standard InChI is InChI=1S/C18H17FN2/c1-2-20-12-13-5-8-17(19)16(10-13)15-7-6-14-4-3-9-21-18(14)11-15/h3-11,20H,2,12H2,1H3. The van der Waals surface area contributed by atoms with Crippen molar-refractivity contribution < 1.29 is 4.39 Å². The SMILES string of the molecule is CCNCc1ccc(F)c(-c2ccc3cccnc3c2)c1. The second-order valence-corrected chi connectivity index (χ2v) is 5.01. The maximum absolute atomic E-state index is 14.1. The van der Waals surface area contributed by atoms with E-state index < -0.39 is 0 Å². The van der Waals surface area contributed by atoms with Gasteiger partial charge in [-0.3, -0.25) is 4.98 Å². The molecule has 1 N–H and O–H groups in total. The van der Waals surface area contributed by atoms with Crippen LogP contribution in [0.5, 0.6) is 0 Å². The van der Waals surface area contributed by atoms with Crippen molar-refractivity contribution in [2.45, 2.75) is 13.5 Å². The number of nitrogens with zero attached hydrogens (tertiary/aromatic N) is 1. The van der Waals surface area contributed by atoms with Gasteiger partial charge in [-0.1, -0.05) is 31.2 Å². The number of nitrogens with one attached hydrogen (secondary N) is 1. The lowest BCUT2D eigenvalue weighted by molar-refractivity contribution is 0.629. The summed E-state index contributed by atoms with van der Waals surface area (Å²) in [6.45, 7) is 3.70. The number of halogens is 1. The van der Waals surface area contributed by atoms with Crippen molar-refractivity contribution in [2.75, 3.05) is 6.54 Å². The molecule has 0 aliphatic carbocycles. The zero-order valence-electron chi connectivity index (χ0n) is 11.9. The van der Waals surface area contributed by atoms with Gasteiger partial charge in [0.15, 0.2) is 0 Å². The van der Waals surface area contributed by atoms with Crippen molar-refractivity contribution in [1.29, 1.82) is 0 Å². The number of aromatic nitrogens is 1. The molecule has 0 unspecified atom stereocenters. The Kier molecular flexibility index (Phi) is 3.93. The highest BCUT2D eigenvalue weighted by Crippen LogP contribution is 2.26. The fourth-order valence-electron chi connectivity index (χ4n) is 2.41. The summed E-state index contributed by atoms with van der Waals surface area (Å²) in [6, 6.07) is 15.0. The van der Waals surface area contributed by atoms with Gasteiger partial charge in [0.1, 0.15) is 5.82 Å². The van der Waals surface area contributed by atoms with Gasteiger partial charge >= 0.3 is 0 Å². The lowest BCUT2D eigenvalue weighted by atomic mass is 10.0. The molecule has 0 saturated carbocycles. The molecule has 3 rings (SSSR count). The Balaban J connectivity index is 2.04. The maximum atomic E-state index is 14.1. The molecule has 0 aliphatic rings. The van der Waals surface area contributed by atoms with Gasteiger partial charge in [0.05, 0.1) is 5.52 Å². The van der Waals surface area contributed by atoms with Crippen LogP contribution >= 0.6 is 0 Å². The quantitative estimate of drug-likeness (QED) is 0.776. The molecule has 0 saturated heterocycles. The predicted octanol–water partition coefficient (Wildman–Crippen LogP) is 4.15. The molecule has 2 nitrogen and oxygen atoms in total. The van der Waals surface area contributed by atoms with E-state index in [1.165, 1.54) is 6.07 Å². The van der Waals surface area contributed by atoms with Crippen molar-refractivity contribution in [3.63, 3.8) is 0 Å². The zero-order valence-corrected chi connectivity index (χ0v) is 11.9. The summed E-state index contributed by atoms with van der Waals surface area (Å²) in [5.41, 5.74) is 3.44. The van der Waals surface area contributed by atoms with Crippen LogP contribution in [-0.4, -0.2) is 11.5 Å². The van der Waals surface area contributed by atoms with Crippen molar-refractivity contribution in [3.05, 3.63) is 66.1 Å². The Morgan fingerprint density at radius 2 is 2.00 bits per heavy atom. The number of hydrogen-bond acceptors (Lipinski definition) is 2. The molecule has 0 aliphatic heterocycles. The summed E-state index contributed by atoms with van der Waals surface area (Å²) in [7, 11) is 0. The lowest BCUT2D eigenvalue weighted by Gasteiger charge is -2.08. The van der Waals surface area contributed by atoms with E-state index >= 15 is 0 Å². The summed E-state index contributed by atoms with van der Waals surface area (Å²) in [6.07, 6.45) is 1.75. The van der Waals surface area contributed by atoms with Crippen LogP contribution in [0.1, 0.15) is 12.5 Å². The molecule has 21 heavy (non-hydrogen) atoms. The van der Waals surface area contributed by atoms with Crippen molar-refractivity contribution in [3.8, 4) is 11.1 Å². The van der Waals surface area contributed by atoms with E-state index in [0.717, 1.165) is 35.1 Å². The van der Waals surface area contributed by atoms with E-state index in [1.807, 2.05) is 42.5 Å². The molecular formula is C18H17FN2. The van der Waals surface area contributed by atoms with E-state index in [-0.39, 0.29) is 5.82 Å². The second kappa shape index (κ2) is 6.02. The first-order valence-electron chi connectivity index (χ1n) is 7.12. The molecule has 0 spiro atoms. The Labute approximate surface area is 123 Å². The molecule has 3 heteroatoms. The van der Waals surface area contributed by atoms with Gasteiger partial charge in [-0.05, 0) is 41.9 Å². The largest absolute Gasteiger partial charge is 0.313 e. The van der Waals surface area contributed by atoms with Crippen LogP contribution in [0.2, 0.25) is 0 Å². The minimum absolute atomic E-state index is 0.203. The third kappa shape index (κ3) is 2.93. The molecular weight excluding hydrogens is 263 g/mol. The van der Waals surface area contributed by atoms with Crippen LogP contribution in [0.15, 0.2) is 54.7 Å². The highest BCUT2D eigenvalue weighted by atomic mass is 19.1. The average molecular weight is 280 g/mol. The van der Waals surface area contributed by atoms with Gasteiger partial charge in [0.25, 0.3) is 0 Å². The van der Waals surface area contributed by atoms with Gasteiger partial charge in [0, 0.05) is 23.7 Å². The third-order valence-electron chi connectivity index (χ3n) is 3.53. The predicted molar refractivity (Wildman–Crippen MR) is 84.5 cm³/mol. The van der Waals surface area contributed by atoms with Crippen molar-refractivity contribution >= 4 is 10.9 Å². The van der Waals surface area contributed by atoms with Crippen molar-refractivity contribution in [1.82, 2.24) is 10.3 Å². The Morgan fingerprint density at radius 1 is 1.10 bits per heavy atom. The summed E-state index contributed by atoms with van der Waals surface area (Å²) in [5, 5.41) is 4.32. The molecule has 2 aromatic carbocycles. The fraction of sp³-hybridized carbons (Fsp3) is 0.167. The summed E-state index contributed by atoms with van der Waals surface area (Å²) in [4.78, 5) is 4.33. The smallest absolute Gasteiger partial charge is 0.131 e. The van der Waals surface area contributed by atoms with E-state index in [2.05, 4.69) is 17.2 Å². The first-order valence-corrected chi connectivity index (χ1v) is 7.12. The molecule has 0 radical (unpaired) electrons. The minimum atomic E-state index is -0.203. The number of benzene rings is 2. The average Bonchev–Trinajstić information content (AvgIpc) is 2.53. The molecule has 0 bridgehead atoms. The Bertz CT molecular complexity index is 768. The van der Waals surface area contributed by atoms with Crippen LogP contribution in [0.3, 0.4) is 0 Å². The Hall–Kier alpha value is -2.26. The third-order valence-corrected chi connectivity index (χ3v) is 3.53. The van der Waals surface area contributed by atoms with E-state index in [9.17, 15) is 4.39 Å². The molecule has 0 amide bonds. The van der Waals surface area contributed by atoms with Gasteiger partial charge in [-0.15, -0.1) is 0 Å². The van der Waals surface area contributed by atoms with E-state index in [4.69, 9.17) is 0 Å². The summed E-state index contributed by atoms with van der Waals surface area (Å²) in [5.74, 6) is -0.203. The lowest BCUT2D eigenvalue weighted by Crippen LogP contribution is -2.11.